The Hall–Kier alpha value is -3.16. The Balaban J connectivity index is 1.49. The van der Waals surface area contributed by atoms with Gasteiger partial charge in [-0.3, -0.25) is 4.79 Å². The molecule has 0 aliphatic rings. The maximum Gasteiger partial charge on any atom is 0.258 e. The van der Waals surface area contributed by atoms with Gasteiger partial charge in [0.2, 0.25) is 0 Å². The molecule has 7 heteroatoms. The predicted octanol–water partition coefficient (Wildman–Crippen LogP) is 4.87. The molecule has 1 N–H and O–H groups in total. The van der Waals surface area contributed by atoms with Crippen molar-refractivity contribution in [1.29, 1.82) is 0 Å². The van der Waals surface area contributed by atoms with Crippen LogP contribution in [0.1, 0.15) is 24.3 Å². The summed E-state index contributed by atoms with van der Waals surface area (Å²) in [7, 11) is 4.01. The molecule has 1 amide bonds. The molecule has 160 valence electrons. The maximum absolute atomic E-state index is 12.3. The van der Waals surface area contributed by atoms with Crippen molar-refractivity contribution >= 4 is 27.5 Å². The standard InChI is InChI=1S/C24H25N3O3S/c1-16(20-8-6-12-29-20)25-23(28)15-30-21-11-10-17(13-18(21)14-27(2)3)24-26-19-7-4-5-9-22(19)31-24/h4-13,16H,14-15H2,1-3H3,(H,25,28)/t16-/m0/s1. The lowest BCUT2D eigenvalue weighted by Crippen LogP contribution is -2.31. The summed E-state index contributed by atoms with van der Waals surface area (Å²) in [6.45, 7) is 2.51. The van der Waals surface area contributed by atoms with Crippen molar-refractivity contribution in [2.24, 2.45) is 0 Å². The van der Waals surface area contributed by atoms with Crippen LogP contribution in [0.5, 0.6) is 5.75 Å². The summed E-state index contributed by atoms with van der Waals surface area (Å²) in [5, 5.41) is 3.86. The Morgan fingerprint density at radius 1 is 1.19 bits per heavy atom. The molecule has 4 rings (SSSR count). The van der Waals surface area contributed by atoms with E-state index in [0.29, 0.717) is 18.1 Å². The number of para-hydroxylation sites is 1. The summed E-state index contributed by atoms with van der Waals surface area (Å²) in [6.07, 6.45) is 1.59. The van der Waals surface area contributed by atoms with Crippen LogP contribution < -0.4 is 10.1 Å². The second kappa shape index (κ2) is 9.32. The van der Waals surface area contributed by atoms with E-state index in [1.807, 2.05) is 57.4 Å². The van der Waals surface area contributed by atoms with Gasteiger partial charge in [0.15, 0.2) is 6.61 Å². The fourth-order valence-corrected chi connectivity index (χ4v) is 4.31. The van der Waals surface area contributed by atoms with E-state index >= 15 is 0 Å². The highest BCUT2D eigenvalue weighted by molar-refractivity contribution is 7.21. The molecular weight excluding hydrogens is 410 g/mol. The first-order valence-electron chi connectivity index (χ1n) is 10.1. The maximum atomic E-state index is 12.3. The van der Waals surface area contributed by atoms with E-state index in [2.05, 4.69) is 22.3 Å². The Kier molecular flexibility index (Phi) is 6.34. The smallest absolute Gasteiger partial charge is 0.258 e. The van der Waals surface area contributed by atoms with Gasteiger partial charge in [-0.05, 0) is 63.5 Å². The van der Waals surface area contributed by atoms with Gasteiger partial charge >= 0.3 is 0 Å². The first kappa shape index (κ1) is 21.1. The third-order valence-electron chi connectivity index (χ3n) is 4.79. The second-order valence-corrected chi connectivity index (χ2v) is 8.67. The van der Waals surface area contributed by atoms with Crippen LogP contribution in [0.4, 0.5) is 0 Å². The van der Waals surface area contributed by atoms with Crippen molar-refractivity contribution in [2.75, 3.05) is 20.7 Å². The van der Waals surface area contributed by atoms with Gasteiger partial charge in [-0.1, -0.05) is 12.1 Å². The van der Waals surface area contributed by atoms with E-state index in [-0.39, 0.29) is 18.6 Å². The molecule has 2 heterocycles. The first-order valence-corrected chi connectivity index (χ1v) is 10.9. The van der Waals surface area contributed by atoms with Crippen molar-refractivity contribution in [2.45, 2.75) is 19.5 Å². The lowest BCUT2D eigenvalue weighted by molar-refractivity contribution is -0.123. The molecule has 2 aromatic heterocycles. The van der Waals surface area contributed by atoms with Crippen LogP contribution >= 0.6 is 11.3 Å². The molecule has 4 aromatic rings. The summed E-state index contributed by atoms with van der Waals surface area (Å²) in [6, 6.07) is 17.6. The average molecular weight is 436 g/mol. The minimum absolute atomic E-state index is 0.0635. The van der Waals surface area contributed by atoms with Crippen molar-refractivity contribution in [3.63, 3.8) is 0 Å². The van der Waals surface area contributed by atoms with Crippen LogP contribution in [0.15, 0.2) is 65.3 Å². The molecule has 0 aliphatic carbocycles. The Bertz CT molecular complexity index is 1140. The zero-order valence-corrected chi connectivity index (χ0v) is 18.6. The largest absolute Gasteiger partial charge is 0.483 e. The number of fused-ring (bicyclic) bond motifs is 1. The molecule has 0 bridgehead atoms. The molecule has 0 saturated heterocycles. The summed E-state index contributed by atoms with van der Waals surface area (Å²) in [5.74, 6) is 1.20. The topological polar surface area (TPSA) is 67.6 Å². The predicted molar refractivity (Wildman–Crippen MR) is 123 cm³/mol. The molecule has 31 heavy (non-hydrogen) atoms. The summed E-state index contributed by atoms with van der Waals surface area (Å²) in [5.41, 5.74) is 3.05. The minimum Gasteiger partial charge on any atom is -0.483 e. The number of aromatic nitrogens is 1. The number of nitrogens with zero attached hydrogens (tertiary/aromatic N) is 2. The van der Waals surface area contributed by atoms with Gasteiger partial charge in [0.25, 0.3) is 5.91 Å². The molecule has 6 nitrogen and oxygen atoms in total. The molecule has 1 atom stereocenters. The van der Waals surface area contributed by atoms with Crippen LogP contribution in [0, 0.1) is 0 Å². The SMILES string of the molecule is C[C@H](NC(=O)COc1ccc(-c2nc3ccccc3s2)cc1CN(C)C)c1ccco1. The van der Waals surface area contributed by atoms with E-state index in [4.69, 9.17) is 14.1 Å². The Labute approximate surface area is 185 Å². The van der Waals surface area contributed by atoms with E-state index in [9.17, 15) is 4.79 Å². The van der Waals surface area contributed by atoms with Gasteiger partial charge in [-0.2, -0.15) is 0 Å². The number of hydrogen-bond acceptors (Lipinski definition) is 6. The zero-order valence-electron chi connectivity index (χ0n) is 17.8. The van der Waals surface area contributed by atoms with E-state index in [1.54, 1.807) is 23.7 Å². The minimum atomic E-state index is -0.214. The molecule has 0 fully saturated rings. The van der Waals surface area contributed by atoms with Crippen molar-refractivity contribution in [3.05, 3.63) is 72.2 Å². The molecule has 0 radical (unpaired) electrons. The zero-order chi connectivity index (χ0) is 21.8. The number of carbonyl (C=O) groups excluding carboxylic acids is 1. The van der Waals surface area contributed by atoms with E-state index in [0.717, 1.165) is 26.4 Å². The molecule has 0 aliphatic heterocycles. The highest BCUT2D eigenvalue weighted by Crippen LogP contribution is 2.33. The second-order valence-electron chi connectivity index (χ2n) is 7.64. The number of furan rings is 1. The third-order valence-corrected chi connectivity index (χ3v) is 5.88. The molecular formula is C24H25N3O3S. The summed E-state index contributed by atoms with van der Waals surface area (Å²) in [4.78, 5) is 19.2. The van der Waals surface area contributed by atoms with E-state index < -0.39 is 0 Å². The third kappa shape index (κ3) is 5.13. The van der Waals surface area contributed by atoms with Gasteiger partial charge in [-0.25, -0.2) is 4.98 Å². The molecule has 0 saturated carbocycles. The fourth-order valence-electron chi connectivity index (χ4n) is 3.35. The lowest BCUT2D eigenvalue weighted by atomic mass is 10.1. The number of thiazole rings is 1. The van der Waals surface area contributed by atoms with Crippen LogP contribution in [0.2, 0.25) is 0 Å². The summed E-state index contributed by atoms with van der Waals surface area (Å²) >= 11 is 1.67. The van der Waals surface area contributed by atoms with Crippen molar-refractivity contribution < 1.29 is 13.9 Å². The number of ether oxygens (including phenoxy) is 1. The van der Waals surface area contributed by atoms with Crippen LogP contribution in [0.3, 0.4) is 0 Å². The highest BCUT2D eigenvalue weighted by Gasteiger charge is 2.15. The van der Waals surface area contributed by atoms with Gasteiger partial charge in [0.05, 0.1) is 22.5 Å². The van der Waals surface area contributed by atoms with Gasteiger partial charge in [-0.15, -0.1) is 11.3 Å². The first-order chi connectivity index (χ1) is 15.0. The van der Waals surface area contributed by atoms with Gasteiger partial charge in [0.1, 0.15) is 16.5 Å². The average Bonchev–Trinajstić information content (AvgIpc) is 3.42. The molecule has 0 unspecified atom stereocenters. The van der Waals surface area contributed by atoms with Gasteiger partial charge in [0, 0.05) is 17.7 Å². The van der Waals surface area contributed by atoms with Crippen molar-refractivity contribution in [3.8, 4) is 16.3 Å². The summed E-state index contributed by atoms with van der Waals surface area (Å²) < 4.78 is 12.4. The fraction of sp³-hybridized carbons (Fsp3) is 0.250. The number of nitrogens with one attached hydrogen (secondary N) is 1. The van der Waals surface area contributed by atoms with Crippen molar-refractivity contribution in [1.82, 2.24) is 15.2 Å². The van der Waals surface area contributed by atoms with Crippen LogP contribution in [-0.4, -0.2) is 36.5 Å². The number of carbonyl (C=O) groups is 1. The normalized spacial score (nSPS) is 12.3. The van der Waals surface area contributed by atoms with Crippen LogP contribution in [-0.2, 0) is 11.3 Å². The monoisotopic (exact) mass is 435 g/mol. The Morgan fingerprint density at radius 2 is 2.03 bits per heavy atom. The number of hydrogen-bond donors (Lipinski definition) is 1. The molecule has 0 spiro atoms. The van der Waals surface area contributed by atoms with Gasteiger partial charge < -0.3 is 19.4 Å². The lowest BCUT2D eigenvalue weighted by Gasteiger charge is -2.17. The van der Waals surface area contributed by atoms with E-state index in [1.165, 1.54) is 0 Å². The number of amides is 1. The molecule has 2 aromatic carbocycles. The number of benzene rings is 2. The quantitative estimate of drug-likeness (QED) is 0.427. The highest BCUT2D eigenvalue weighted by atomic mass is 32.1. The number of rotatable bonds is 8. The Morgan fingerprint density at radius 3 is 2.77 bits per heavy atom. The van der Waals surface area contributed by atoms with Crippen LogP contribution in [0.25, 0.3) is 20.8 Å².